The predicted molar refractivity (Wildman–Crippen MR) is 77.9 cm³/mol. The minimum Gasteiger partial charge on any atom is -0.542 e. The van der Waals surface area contributed by atoms with Gasteiger partial charge < -0.3 is 47.3 Å². The molecule has 0 radical (unpaired) electrons. The summed E-state index contributed by atoms with van der Waals surface area (Å²) in [4.78, 5) is 8.68. The van der Waals surface area contributed by atoms with E-state index in [1.165, 1.54) is 26.1 Å². The number of hydrogen-bond donors (Lipinski definition) is 0. The molecule has 0 rings (SSSR count). The first-order valence-corrected chi connectivity index (χ1v) is 4.84. The molecule has 0 aromatic heterocycles. The van der Waals surface area contributed by atoms with Crippen molar-refractivity contribution in [1.29, 1.82) is 0 Å². The Hall–Kier alpha value is 4.58. The monoisotopic (exact) mass is 344 g/mol. The summed E-state index contributed by atoms with van der Waals surface area (Å²) in [6, 6.07) is 0. The Bertz CT molecular complexity index is 108. The first-order valence-electron chi connectivity index (χ1n) is 4.84. The van der Waals surface area contributed by atoms with Crippen molar-refractivity contribution in [3.63, 3.8) is 0 Å². The van der Waals surface area contributed by atoms with Gasteiger partial charge in [-0.15, -0.1) is 6.42 Å². The molecule has 19 heavy (non-hydrogen) atoms. The summed E-state index contributed by atoms with van der Waals surface area (Å²) in [6.07, 6.45) is 8.19. The van der Waals surface area contributed by atoms with Crippen molar-refractivity contribution in [2.45, 2.75) is 46.5 Å². The maximum atomic E-state index is 8.68. The molecule has 0 aliphatic carbocycles. The SMILES string of the molecule is C[C-]=O.[CH2-]CCC([CH-]C)(C[CH2-])CC.[CH3-].[CH3-].[CH3-].[K+].[K+].[K+]. The summed E-state index contributed by atoms with van der Waals surface area (Å²) in [7, 11) is 0. The van der Waals surface area contributed by atoms with Crippen molar-refractivity contribution in [3.05, 3.63) is 42.5 Å². The molecular weight excluding hydrogens is 313 g/mol. The maximum Gasteiger partial charge on any atom is 1.00 e. The van der Waals surface area contributed by atoms with Crippen LogP contribution in [0.25, 0.3) is 0 Å². The van der Waals surface area contributed by atoms with Crippen molar-refractivity contribution in [2.75, 3.05) is 0 Å². The fourth-order valence-corrected chi connectivity index (χ4v) is 1.32. The minimum absolute atomic E-state index is 0. The molecule has 104 valence electrons. The van der Waals surface area contributed by atoms with Crippen LogP contribution >= 0.6 is 0 Å². The van der Waals surface area contributed by atoms with Crippen LogP contribution in [0.5, 0.6) is 0 Å². The van der Waals surface area contributed by atoms with Gasteiger partial charge in [0.1, 0.15) is 0 Å². The van der Waals surface area contributed by atoms with E-state index in [1.54, 1.807) is 0 Å². The zero-order valence-corrected chi connectivity index (χ0v) is 24.6. The fraction of sp³-hybridized carbons (Fsp3) is 0.533. The summed E-state index contributed by atoms with van der Waals surface area (Å²) >= 11 is 0. The average molecular weight is 345 g/mol. The Morgan fingerprint density at radius 1 is 1.11 bits per heavy atom. The van der Waals surface area contributed by atoms with Gasteiger partial charge >= 0.3 is 154 Å². The maximum absolute atomic E-state index is 8.68. The van der Waals surface area contributed by atoms with Crippen LogP contribution in [-0.4, -0.2) is 6.29 Å². The second kappa shape index (κ2) is 38.3. The van der Waals surface area contributed by atoms with Crippen molar-refractivity contribution in [2.24, 2.45) is 5.41 Å². The van der Waals surface area contributed by atoms with Crippen LogP contribution in [0, 0.1) is 48.0 Å². The van der Waals surface area contributed by atoms with Crippen molar-refractivity contribution >= 4 is 6.29 Å². The van der Waals surface area contributed by atoms with Crippen molar-refractivity contribution in [3.8, 4) is 0 Å². The van der Waals surface area contributed by atoms with Gasteiger partial charge in [0.25, 0.3) is 0 Å². The van der Waals surface area contributed by atoms with Crippen LogP contribution in [0.2, 0.25) is 0 Å². The summed E-state index contributed by atoms with van der Waals surface area (Å²) < 4.78 is 0. The van der Waals surface area contributed by atoms with E-state index in [-0.39, 0.29) is 176 Å². The first kappa shape index (κ1) is 49.5. The quantitative estimate of drug-likeness (QED) is 0.366. The minimum atomic E-state index is 0. The van der Waals surface area contributed by atoms with E-state index in [0.29, 0.717) is 5.41 Å². The van der Waals surface area contributed by atoms with Gasteiger partial charge in [0, 0.05) is 0 Å². The molecule has 0 saturated carbocycles. The molecule has 0 amide bonds. The largest absolute Gasteiger partial charge is 1.00 e. The van der Waals surface area contributed by atoms with E-state index in [0.717, 1.165) is 12.8 Å². The zero-order valence-electron chi connectivity index (χ0n) is 15.2. The number of carbonyl (C=O) groups excluding carboxylic acids is 1. The summed E-state index contributed by atoms with van der Waals surface area (Å²) in [5.74, 6) is 0. The second-order valence-corrected chi connectivity index (χ2v) is 3.06. The van der Waals surface area contributed by atoms with E-state index in [4.69, 9.17) is 4.79 Å². The van der Waals surface area contributed by atoms with Gasteiger partial charge in [-0.2, -0.15) is 25.7 Å². The Balaban J connectivity index is -0.0000000206. The van der Waals surface area contributed by atoms with Crippen LogP contribution in [-0.2, 0) is 4.79 Å². The molecule has 1 nitrogen and oxygen atoms in total. The summed E-state index contributed by atoms with van der Waals surface area (Å²) in [5, 5.41) is 0. The summed E-state index contributed by atoms with van der Waals surface area (Å²) in [5.41, 5.74) is 0.377. The van der Waals surface area contributed by atoms with Crippen molar-refractivity contribution in [1.82, 2.24) is 0 Å². The Kier molecular flexibility index (Phi) is 99.7. The van der Waals surface area contributed by atoms with Gasteiger partial charge in [-0.25, -0.2) is 6.42 Å². The molecule has 0 aliphatic heterocycles. The van der Waals surface area contributed by atoms with E-state index >= 15 is 0 Å². The topological polar surface area (TPSA) is 17.1 Å². The van der Waals surface area contributed by atoms with Crippen LogP contribution in [0.4, 0.5) is 0 Å². The molecule has 0 aromatic carbocycles. The standard InChI is InChI=1S/C10H19.C2H3O.3CH3.3K/c1-5-9-10(6-2,7-3)8-4;1-2-3;;;;;;/h7H,1-2,5-6,8-9H2,3-4H3;1H3;3*1H3;;;/q-3;4*-1;3*+1. The number of rotatable bonds is 5. The van der Waals surface area contributed by atoms with Crippen LogP contribution in [0.1, 0.15) is 46.5 Å². The van der Waals surface area contributed by atoms with E-state index in [2.05, 4.69) is 34.1 Å². The third-order valence-corrected chi connectivity index (χ3v) is 2.49. The summed E-state index contributed by atoms with van der Waals surface area (Å²) in [6.45, 7) is 13.5. The second-order valence-electron chi connectivity index (χ2n) is 3.06. The molecule has 0 saturated heterocycles. The third-order valence-electron chi connectivity index (χ3n) is 2.49. The van der Waals surface area contributed by atoms with Gasteiger partial charge in [-0.1, -0.05) is 13.3 Å². The van der Waals surface area contributed by atoms with Crippen LogP contribution in [0.15, 0.2) is 0 Å². The molecule has 1 atom stereocenters. The van der Waals surface area contributed by atoms with Gasteiger partial charge in [-0.3, -0.25) is 6.29 Å². The first-order chi connectivity index (χ1) is 6.16. The smallest absolute Gasteiger partial charge is 0.542 e. The molecule has 0 heterocycles. The van der Waals surface area contributed by atoms with Gasteiger partial charge in [0.2, 0.25) is 0 Å². The molecule has 1 unspecified atom stereocenters. The number of hydrogen-bond acceptors (Lipinski definition) is 1. The van der Waals surface area contributed by atoms with Gasteiger partial charge in [0.05, 0.1) is 0 Å². The molecule has 0 spiro atoms. The predicted octanol–water partition coefficient (Wildman–Crippen LogP) is -4.08. The van der Waals surface area contributed by atoms with Gasteiger partial charge in [0.15, 0.2) is 0 Å². The average Bonchev–Trinajstić information content (AvgIpc) is 2.16. The Morgan fingerprint density at radius 2 is 1.42 bits per heavy atom. The fourth-order valence-electron chi connectivity index (χ4n) is 1.32. The third kappa shape index (κ3) is 30.9. The molecule has 0 fully saturated rings. The van der Waals surface area contributed by atoms with Gasteiger partial charge in [-0.05, 0) is 0 Å². The molecule has 0 aliphatic rings. The zero-order chi connectivity index (χ0) is 10.7. The molecule has 4 heteroatoms. The van der Waals surface area contributed by atoms with Crippen molar-refractivity contribution < 1.29 is 159 Å². The van der Waals surface area contributed by atoms with E-state index < -0.39 is 0 Å². The van der Waals surface area contributed by atoms with E-state index in [9.17, 15) is 0 Å². The van der Waals surface area contributed by atoms with Crippen LogP contribution < -0.4 is 154 Å². The molecular formula is C15H31K3O-4. The normalized spacial score (nSPS) is 9.53. The molecule has 0 aromatic rings. The molecule has 0 bridgehead atoms. The van der Waals surface area contributed by atoms with Crippen LogP contribution in [0.3, 0.4) is 0 Å². The Labute approximate surface area is 253 Å². The van der Waals surface area contributed by atoms with E-state index in [1.807, 2.05) is 0 Å². The molecule has 0 N–H and O–H groups in total. The Morgan fingerprint density at radius 3 is 1.47 bits per heavy atom.